The maximum absolute atomic E-state index is 14.1. The number of esters is 1. The zero-order chi connectivity index (χ0) is 24.9. The van der Waals surface area contributed by atoms with Crippen LogP contribution in [0, 0.1) is 11.8 Å². The van der Waals surface area contributed by atoms with Crippen LogP contribution < -0.4 is 19.7 Å². The Hall–Kier alpha value is -3.69. The molecule has 184 valence electrons. The Morgan fingerprint density at radius 3 is 2.56 bits per heavy atom. The van der Waals surface area contributed by atoms with Crippen LogP contribution in [0.4, 0.5) is 5.69 Å². The molecule has 8 nitrogen and oxygen atoms in total. The number of carbonyl (C=O) groups excluding carboxylic acids is 3. The summed E-state index contributed by atoms with van der Waals surface area (Å²) in [6.45, 7) is 0.823. The van der Waals surface area contributed by atoms with Gasteiger partial charge in [-0.1, -0.05) is 36.4 Å². The molecule has 0 aliphatic carbocycles. The van der Waals surface area contributed by atoms with Crippen molar-refractivity contribution in [2.75, 3.05) is 25.2 Å². The molecule has 4 heterocycles. The number of hydrogen-bond acceptors (Lipinski definition) is 8. The smallest absolute Gasteiger partial charge is 0.327 e. The molecule has 2 saturated heterocycles. The quantitative estimate of drug-likeness (QED) is 0.422. The SMILES string of the molecule is COC(=O)[C@]1(Cc2ccccc2)N[C@H](c2cccs2)[C@@H]2C(=O)N(c3ccc4c(c3)OCCO4)C(=O)[C@@H]21. The van der Waals surface area contributed by atoms with E-state index in [1.54, 1.807) is 18.2 Å². The summed E-state index contributed by atoms with van der Waals surface area (Å²) in [4.78, 5) is 43.6. The van der Waals surface area contributed by atoms with E-state index in [2.05, 4.69) is 5.32 Å². The summed E-state index contributed by atoms with van der Waals surface area (Å²) in [6.07, 6.45) is 0.206. The second-order valence-electron chi connectivity index (χ2n) is 9.11. The minimum Gasteiger partial charge on any atom is -0.486 e. The van der Waals surface area contributed by atoms with Gasteiger partial charge in [0.2, 0.25) is 11.8 Å². The molecule has 0 bridgehead atoms. The summed E-state index contributed by atoms with van der Waals surface area (Å²) in [7, 11) is 1.31. The molecular formula is C27H24N2O6S. The maximum atomic E-state index is 14.1. The highest BCUT2D eigenvalue weighted by atomic mass is 32.1. The average molecular weight is 505 g/mol. The van der Waals surface area contributed by atoms with Gasteiger partial charge >= 0.3 is 5.97 Å². The number of carbonyl (C=O) groups is 3. The van der Waals surface area contributed by atoms with E-state index in [1.165, 1.54) is 23.3 Å². The lowest BCUT2D eigenvalue weighted by Gasteiger charge is -2.32. The molecule has 0 radical (unpaired) electrons. The first-order chi connectivity index (χ1) is 17.5. The molecule has 2 fully saturated rings. The first-order valence-electron chi connectivity index (χ1n) is 11.7. The molecule has 36 heavy (non-hydrogen) atoms. The lowest BCUT2D eigenvalue weighted by atomic mass is 9.76. The van der Waals surface area contributed by atoms with Crippen LogP contribution in [0.15, 0.2) is 66.0 Å². The predicted octanol–water partition coefficient (Wildman–Crippen LogP) is 3.12. The van der Waals surface area contributed by atoms with Crippen LogP contribution in [-0.4, -0.2) is 43.6 Å². The molecule has 0 unspecified atom stereocenters. The van der Waals surface area contributed by atoms with Crippen molar-refractivity contribution in [2.24, 2.45) is 11.8 Å². The van der Waals surface area contributed by atoms with E-state index < -0.39 is 35.3 Å². The molecule has 2 aromatic carbocycles. The molecule has 3 aromatic rings. The van der Waals surface area contributed by atoms with E-state index in [9.17, 15) is 14.4 Å². The number of methoxy groups -OCH3 is 1. The van der Waals surface area contributed by atoms with E-state index in [-0.39, 0.29) is 12.3 Å². The number of imide groups is 1. The number of fused-ring (bicyclic) bond motifs is 2. The number of hydrogen-bond donors (Lipinski definition) is 1. The minimum absolute atomic E-state index is 0.206. The summed E-state index contributed by atoms with van der Waals surface area (Å²) < 4.78 is 16.5. The van der Waals surface area contributed by atoms with Crippen LogP contribution in [-0.2, 0) is 25.5 Å². The van der Waals surface area contributed by atoms with Gasteiger partial charge in [0.25, 0.3) is 0 Å². The summed E-state index contributed by atoms with van der Waals surface area (Å²) >= 11 is 1.48. The Morgan fingerprint density at radius 1 is 1.06 bits per heavy atom. The number of ether oxygens (including phenoxy) is 3. The van der Waals surface area contributed by atoms with Gasteiger partial charge in [0.1, 0.15) is 18.8 Å². The molecule has 0 spiro atoms. The Labute approximate surface area is 211 Å². The van der Waals surface area contributed by atoms with Crippen molar-refractivity contribution >= 4 is 34.8 Å². The number of amides is 2. The molecule has 3 aliphatic rings. The lowest BCUT2D eigenvalue weighted by molar-refractivity contribution is -0.152. The van der Waals surface area contributed by atoms with Crippen molar-refractivity contribution < 1.29 is 28.6 Å². The first-order valence-corrected chi connectivity index (χ1v) is 12.6. The Kier molecular flexibility index (Phi) is 5.54. The molecule has 9 heteroatoms. The fourth-order valence-electron chi connectivity index (χ4n) is 5.66. The zero-order valence-corrected chi connectivity index (χ0v) is 20.3. The highest BCUT2D eigenvalue weighted by Crippen LogP contribution is 2.52. The standard InChI is InChI=1S/C27H24N2O6S/c1-33-26(32)27(15-16-6-3-2-4-7-16)22-21(23(28-27)20-8-5-13-36-20)24(30)29(25(22)31)17-9-10-18-19(14-17)35-12-11-34-18/h2-10,13-14,21-23,28H,11-12,15H2,1H3/t21-,22-,23-,27-/m1/s1. The van der Waals surface area contributed by atoms with Gasteiger partial charge < -0.3 is 14.2 Å². The van der Waals surface area contributed by atoms with Crippen molar-refractivity contribution in [3.8, 4) is 11.5 Å². The van der Waals surface area contributed by atoms with Crippen molar-refractivity contribution in [1.82, 2.24) is 5.32 Å². The largest absolute Gasteiger partial charge is 0.486 e. The molecule has 1 N–H and O–H groups in total. The molecular weight excluding hydrogens is 480 g/mol. The molecule has 0 saturated carbocycles. The number of nitrogens with one attached hydrogen (secondary N) is 1. The zero-order valence-electron chi connectivity index (χ0n) is 19.5. The number of anilines is 1. The van der Waals surface area contributed by atoms with Gasteiger partial charge in [-0.3, -0.25) is 19.7 Å². The van der Waals surface area contributed by atoms with Crippen LogP contribution in [0.5, 0.6) is 11.5 Å². The van der Waals surface area contributed by atoms with Crippen molar-refractivity contribution in [1.29, 1.82) is 0 Å². The molecule has 2 amide bonds. The van der Waals surface area contributed by atoms with Crippen LogP contribution in [0.25, 0.3) is 0 Å². The van der Waals surface area contributed by atoms with Crippen LogP contribution in [0.1, 0.15) is 16.5 Å². The molecule has 1 aromatic heterocycles. The fourth-order valence-corrected chi connectivity index (χ4v) is 6.49. The van der Waals surface area contributed by atoms with Gasteiger partial charge in [0, 0.05) is 17.4 Å². The van der Waals surface area contributed by atoms with E-state index in [4.69, 9.17) is 14.2 Å². The van der Waals surface area contributed by atoms with Crippen LogP contribution >= 0.6 is 11.3 Å². The predicted molar refractivity (Wildman–Crippen MR) is 132 cm³/mol. The number of benzene rings is 2. The van der Waals surface area contributed by atoms with Crippen LogP contribution in [0.2, 0.25) is 0 Å². The molecule has 4 atom stereocenters. The van der Waals surface area contributed by atoms with Gasteiger partial charge in [-0.05, 0) is 29.1 Å². The third-order valence-electron chi connectivity index (χ3n) is 7.16. The van der Waals surface area contributed by atoms with Crippen molar-refractivity contribution in [3.05, 3.63) is 76.5 Å². The van der Waals surface area contributed by atoms with Gasteiger partial charge in [-0.15, -0.1) is 11.3 Å². The molecule has 3 aliphatic heterocycles. The van der Waals surface area contributed by atoms with Gasteiger partial charge in [-0.25, -0.2) is 4.90 Å². The van der Waals surface area contributed by atoms with Crippen LogP contribution in [0.3, 0.4) is 0 Å². The maximum Gasteiger partial charge on any atom is 0.327 e. The van der Waals surface area contributed by atoms with E-state index >= 15 is 0 Å². The van der Waals surface area contributed by atoms with Gasteiger partial charge in [-0.2, -0.15) is 0 Å². The average Bonchev–Trinajstić information content (AvgIpc) is 3.61. The van der Waals surface area contributed by atoms with E-state index in [1.807, 2.05) is 47.8 Å². The van der Waals surface area contributed by atoms with Crippen molar-refractivity contribution in [3.63, 3.8) is 0 Å². The number of nitrogens with zero attached hydrogens (tertiary/aromatic N) is 1. The van der Waals surface area contributed by atoms with E-state index in [0.717, 1.165) is 10.4 Å². The third kappa shape index (κ3) is 3.42. The Morgan fingerprint density at radius 2 is 1.83 bits per heavy atom. The number of rotatable bonds is 5. The number of thiophene rings is 1. The van der Waals surface area contributed by atoms with Crippen molar-refractivity contribution in [2.45, 2.75) is 18.0 Å². The normalized spacial score (nSPS) is 26.7. The second kappa shape index (κ2) is 8.76. The summed E-state index contributed by atoms with van der Waals surface area (Å²) in [5, 5.41) is 5.33. The van der Waals surface area contributed by atoms with E-state index in [0.29, 0.717) is 30.4 Å². The highest BCUT2D eigenvalue weighted by molar-refractivity contribution is 7.10. The highest BCUT2D eigenvalue weighted by Gasteiger charge is 2.69. The molecule has 6 rings (SSSR count). The third-order valence-corrected chi connectivity index (χ3v) is 8.12. The van der Waals surface area contributed by atoms with Gasteiger partial charge in [0.05, 0.1) is 30.7 Å². The Balaban J connectivity index is 1.47. The summed E-state index contributed by atoms with van der Waals surface area (Å²) in [5.41, 5.74) is -0.156. The van der Waals surface area contributed by atoms with Gasteiger partial charge in [0.15, 0.2) is 11.5 Å². The summed E-state index contributed by atoms with van der Waals surface area (Å²) in [5.74, 6) is -2.03. The Bertz CT molecular complexity index is 1330. The summed E-state index contributed by atoms with van der Waals surface area (Å²) in [6, 6.07) is 17.8. The topological polar surface area (TPSA) is 94.2 Å². The lowest BCUT2D eigenvalue weighted by Crippen LogP contribution is -2.57. The minimum atomic E-state index is -1.41. The first kappa shape index (κ1) is 22.8. The monoisotopic (exact) mass is 504 g/mol. The second-order valence-corrected chi connectivity index (χ2v) is 10.1. The fraction of sp³-hybridized carbons (Fsp3) is 0.296.